The van der Waals surface area contributed by atoms with Gasteiger partial charge in [-0.15, -0.1) is 0 Å². The monoisotopic (exact) mass is 437 g/mol. The summed E-state index contributed by atoms with van der Waals surface area (Å²) in [6.45, 7) is 4.22. The summed E-state index contributed by atoms with van der Waals surface area (Å²) in [5.74, 6) is 0.793. The third-order valence-corrected chi connectivity index (χ3v) is 9.84. The van der Waals surface area contributed by atoms with Crippen molar-refractivity contribution in [3.8, 4) is 5.75 Å². The van der Waals surface area contributed by atoms with Crippen molar-refractivity contribution in [1.29, 1.82) is 0 Å². The highest BCUT2D eigenvalue weighted by Gasteiger charge is 2.80. The number of likely N-dealkylation sites (N-methyl/N-ethyl adjacent to an activating group) is 1. The van der Waals surface area contributed by atoms with E-state index < -0.39 is 16.6 Å². The Hall–Kier alpha value is -2.12. The maximum atomic E-state index is 13.4. The van der Waals surface area contributed by atoms with Crippen LogP contribution in [0.2, 0.25) is 0 Å². The van der Waals surface area contributed by atoms with Gasteiger partial charge in [-0.3, -0.25) is 14.6 Å². The molecular weight excluding hydrogens is 406 g/mol. The second kappa shape index (κ2) is 5.68. The normalized spacial score (nSPS) is 44.2. The van der Waals surface area contributed by atoms with Gasteiger partial charge in [-0.1, -0.05) is 6.07 Å². The van der Waals surface area contributed by atoms with Gasteiger partial charge < -0.3 is 15.5 Å². The molecule has 170 valence electrons. The fourth-order valence-electron chi connectivity index (χ4n) is 8.67. The molecule has 2 bridgehead atoms. The average Bonchev–Trinajstić information content (AvgIpc) is 3.49. The standard InChI is InChI=1S/C25H31N3O4/c1-2-28-20(30)24(26-21(28)31)7-8-25(32)19-22(14-27(19)11-15-3-4-15)10-16-5-6-17(29)9-18(16)23(25,12-22)13-24/h5-6,9,15,19,29,32H,2-4,7-8,10-14H2,1H3,(H,26,31). The van der Waals surface area contributed by atoms with Gasteiger partial charge in [0.2, 0.25) is 0 Å². The smallest absolute Gasteiger partial charge is 0.325 e. The van der Waals surface area contributed by atoms with Crippen LogP contribution in [0.4, 0.5) is 4.79 Å². The number of carbonyl (C=O) groups excluding carboxylic acids is 2. The van der Waals surface area contributed by atoms with Gasteiger partial charge >= 0.3 is 6.03 Å². The van der Waals surface area contributed by atoms with Gasteiger partial charge in [0.15, 0.2) is 0 Å². The predicted octanol–water partition coefficient (Wildman–Crippen LogP) is 1.90. The molecule has 5 unspecified atom stereocenters. The highest BCUT2D eigenvalue weighted by molar-refractivity contribution is 6.07. The van der Waals surface area contributed by atoms with Gasteiger partial charge in [-0.25, -0.2) is 4.79 Å². The number of nitrogens with zero attached hydrogens (tertiary/aromatic N) is 2. The molecule has 32 heavy (non-hydrogen) atoms. The number of hydrogen-bond donors (Lipinski definition) is 3. The fraction of sp³-hybridized carbons (Fsp3) is 0.680. The third-order valence-electron chi connectivity index (χ3n) is 9.84. The van der Waals surface area contributed by atoms with Crippen molar-refractivity contribution < 1.29 is 19.8 Å². The minimum absolute atomic E-state index is 0.00917. The molecule has 2 heterocycles. The number of benzene rings is 1. The molecule has 2 aliphatic heterocycles. The van der Waals surface area contributed by atoms with E-state index in [1.165, 1.54) is 23.3 Å². The van der Waals surface area contributed by atoms with Crippen molar-refractivity contribution in [2.45, 2.75) is 74.5 Å². The largest absolute Gasteiger partial charge is 0.508 e. The van der Waals surface area contributed by atoms with E-state index >= 15 is 0 Å². The van der Waals surface area contributed by atoms with Crippen LogP contribution in [0, 0.1) is 11.3 Å². The number of likely N-dealkylation sites (tertiary alicyclic amines) is 1. The SMILES string of the molecule is CCN1C(=O)NC2(CCC3(O)C4N(CC5CC5)CC45Cc4ccc(O)cc4C3(C2)C5)C1=O. The quantitative estimate of drug-likeness (QED) is 0.628. The number of carbonyl (C=O) groups is 2. The molecule has 5 fully saturated rings. The number of rotatable bonds is 3. The molecule has 3 spiro atoms. The van der Waals surface area contributed by atoms with Crippen molar-refractivity contribution in [2.75, 3.05) is 19.6 Å². The summed E-state index contributed by atoms with van der Waals surface area (Å²) in [5, 5.41) is 26.0. The molecule has 6 aliphatic rings. The average molecular weight is 438 g/mol. The lowest BCUT2D eigenvalue weighted by Gasteiger charge is -2.59. The van der Waals surface area contributed by atoms with Crippen LogP contribution in [-0.2, 0) is 16.6 Å². The number of nitrogens with one attached hydrogen (secondary N) is 1. The molecule has 4 aliphatic carbocycles. The number of aliphatic hydroxyl groups is 1. The van der Waals surface area contributed by atoms with E-state index in [-0.39, 0.29) is 29.1 Å². The van der Waals surface area contributed by atoms with Gasteiger partial charge in [-0.05, 0) is 81.0 Å². The van der Waals surface area contributed by atoms with Crippen LogP contribution in [0.15, 0.2) is 18.2 Å². The molecule has 3 N–H and O–H groups in total. The Balaban J connectivity index is 1.38. The number of phenols is 1. The van der Waals surface area contributed by atoms with Gasteiger partial charge in [0.1, 0.15) is 11.3 Å². The first kappa shape index (κ1) is 19.4. The first-order valence-corrected chi connectivity index (χ1v) is 12.2. The fourth-order valence-corrected chi connectivity index (χ4v) is 8.67. The van der Waals surface area contributed by atoms with Crippen LogP contribution in [0.25, 0.3) is 0 Å². The highest BCUT2D eigenvalue weighted by atomic mass is 16.3. The highest BCUT2D eigenvalue weighted by Crippen LogP contribution is 2.73. The van der Waals surface area contributed by atoms with Crippen molar-refractivity contribution in [2.24, 2.45) is 11.3 Å². The molecule has 3 amide bonds. The molecule has 1 aromatic rings. The summed E-state index contributed by atoms with van der Waals surface area (Å²) in [4.78, 5) is 29.9. The number of amides is 3. The van der Waals surface area contributed by atoms with Gasteiger partial charge in [0, 0.05) is 36.5 Å². The Kier molecular flexibility index (Phi) is 3.43. The molecule has 7 rings (SSSR count). The van der Waals surface area contributed by atoms with Crippen LogP contribution >= 0.6 is 0 Å². The molecule has 7 nitrogen and oxygen atoms in total. The number of urea groups is 1. The Morgan fingerprint density at radius 3 is 2.72 bits per heavy atom. The van der Waals surface area contributed by atoms with Crippen LogP contribution in [0.3, 0.4) is 0 Å². The Morgan fingerprint density at radius 1 is 1.19 bits per heavy atom. The molecule has 0 aromatic heterocycles. The lowest BCUT2D eigenvalue weighted by Crippen LogP contribution is -2.72. The first-order valence-electron chi connectivity index (χ1n) is 12.2. The lowest BCUT2D eigenvalue weighted by molar-refractivity contribution is -0.165. The van der Waals surface area contributed by atoms with Gasteiger partial charge in [0.25, 0.3) is 5.91 Å². The molecule has 7 heteroatoms. The first-order chi connectivity index (χ1) is 15.3. The van der Waals surface area contributed by atoms with Crippen LogP contribution < -0.4 is 5.32 Å². The number of aromatic hydroxyl groups is 1. The molecule has 1 aromatic carbocycles. The maximum absolute atomic E-state index is 13.4. The Bertz CT molecular complexity index is 1070. The lowest BCUT2D eigenvalue weighted by atomic mass is 9.54. The molecule has 2 saturated heterocycles. The third kappa shape index (κ3) is 2.06. The van der Waals surface area contributed by atoms with Crippen molar-refractivity contribution in [3.63, 3.8) is 0 Å². The summed E-state index contributed by atoms with van der Waals surface area (Å²) in [6, 6.07) is 5.33. The summed E-state index contributed by atoms with van der Waals surface area (Å²) in [5.41, 5.74) is -0.395. The minimum atomic E-state index is -0.967. The van der Waals surface area contributed by atoms with E-state index in [1.54, 1.807) is 6.07 Å². The number of imide groups is 1. The topological polar surface area (TPSA) is 93.1 Å². The molecule has 0 radical (unpaired) electrons. The minimum Gasteiger partial charge on any atom is -0.508 e. The van der Waals surface area contributed by atoms with E-state index in [1.807, 2.05) is 19.1 Å². The van der Waals surface area contributed by atoms with E-state index in [9.17, 15) is 19.8 Å². The van der Waals surface area contributed by atoms with E-state index in [0.29, 0.717) is 25.8 Å². The number of hydrogen-bond acceptors (Lipinski definition) is 5. The van der Waals surface area contributed by atoms with Crippen molar-refractivity contribution >= 4 is 11.9 Å². The Morgan fingerprint density at radius 2 is 2.00 bits per heavy atom. The Labute approximate surface area is 187 Å². The second-order valence-electron chi connectivity index (χ2n) is 11.6. The second-order valence-corrected chi connectivity index (χ2v) is 11.6. The molecular formula is C25H31N3O4. The van der Waals surface area contributed by atoms with Crippen molar-refractivity contribution in [1.82, 2.24) is 15.1 Å². The van der Waals surface area contributed by atoms with Gasteiger partial charge in [0.05, 0.1) is 5.60 Å². The van der Waals surface area contributed by atoms with Crippen LogP contribution in [0.5, 0.6) is 5.75 Å². The molecule has 3 saturated carbocycles. The zero-order chi connectivity index (χ0) is 22.1. The predicted molar refractivity (Wildman–Crippen MR) is 116 cm³/mol. The summed E-state index contributed by atoms with van der Waals surface area (Å²) in [6.07, 6.45) is 5.64. The maximum Gasteiger partial charge on any atom is 0.325 e. The van der Waals surface area contributed by atoms with Gasteiger partial charge in [-0.2, -0.15) is 0 Å². The summed E-state index contributed by atoms with van der Waals surface area (Å²) in [7, 11) is 0. The number of phenolic OH excluding ortho intramolecular Hbond substituents is 1. The van der Waals surface area contributed by atoms with E-state index in [2.05, 4.69) is 10.2 Å². The summed E-state index contributed by atoms with van der Waals surface area (Å²) < 4.78 is 0. The zero-order valence-corrected chi connectivity index (χ0v) is 18.6. The zero-order valence-electron chi connectivity index (χ0n) is 18.6. The van der Waals surface area contributed by atoms with E-state index in [0.717, 1.165) is 37.4 Å². The van der Waals surface area contributed by atoms with Crippen LogP contribution in [-0.4, -0.2) is 68.8 Å². The van der Waals surface area contributed by atoms with E-state index in [4.69, 9.17) is 0 Å². The van der Waals surface area contributed by atoms with Crippen molar-refractivity contribution in [3.05, 3.63) is 29.3 Å². The number of fused-ring (bicyclic) bond motifs is 2. The summed E-state index contributed by atoms with van der Waals surface area (Å²) >= 11 is 0. The van der Waals surface area contributed by atoms with Crippen LogP contribution in [0.1, 0.15) is 56.6 Å². The molecule has 5 atom stereocenters.